The van der Waals surface area contributed by atoms with Gasteiger partial charge in [-0.1, -0.05) is 29.3 Å². The summed E-state index contributed by atoms with van der Waals surface area (Å²) in [4.78, 5) is -0.228. The van der Waals surface area contributed by atoms with Crippen LogP contribution in [0.5, 0.6) is 5.75 Å². The second-order valence-electron chi connectivity index (χ2n) is 4.13. The fraction of sp³-hybridized carbons (Fsp3) is 0.0769. The zero-order valence-corrected chi connectivity index (χ0v) is 14.9. The van der Waals surface area contributed by atoms with Crippen molar-refractivity contribution >= 4 is 54.8 Å². The molecule has 0 aliphatic heterocycles. The molecule has 0 fully saturated rings. The van der Waals surface area contributed by atoms with E-state index >= 15 is 0 Å². The standard InChI is InChI=1S/C13H9BrCl2FNO3S/c1-21-13-8(14)5-7(15)6-11(13)22(19,20)18-10-4-2-3-9(16)12(10)17/h2-6,18H,1H3. The predicted molar refractivity (Wildman–Crippen MR) is 87.9 cm³/mol. The Morgan fingerprint density at radius 1 is 1.27 bits per heavy atom. The van der Waals surface area contributed by atoms with Gasteiger partial charge in [0.2, 0.25) is 0 Å². The summed E-state index contributed by atoms with van der Waals surface area (Å²) in [7, 11) is -2.82. The second kappa shape index (κ2) is 6.62. The van der Waals surface area contributed by atoms with Gasteiger partial charge in [-0.2, -0.15) is 0 Å². The van der Waals surface area contributed by atoms with Crippen molar-refractivity contribution in [2.75, 3.05) is 11.8 Å². The Morgan fingerprint density at radius 3 is 2.59 bits per heavy atom. The van der Waals surface area contributed by atoms with Gasteiger partial charge in [0.05, 0.1) is 22.3 Å². The number of anilines is 1. The number of benzene rings is 2. The first-order valence-electron chi connectivity index (χ1n) is 5.76. The summed E-state index contributed by atoms with van der Waals surface area (Å²) in [6.07, 6.45) is 0. The van der Waals surface area contributed by atoms with Gasteiger partial charge in [-0.25, -0.2) is 12.8 Å². The molecule has 0 saturated heterocycles. The maximum absolute atomic E-state index is 13.9. The molecule has 0 aliphatic rings. The molecule has 0 saturated carbocycles. The fourth-order valence-corrected chi connectivity index (χ4v) is 4.34. The van der Waals surface area contributed by atoms with E-state index in [2.05, 4.69) is 20.7 Å². The van der Waals surface area contributed by atoms with Gasteiger partial charge in [-0.3, -0.25) is 4.72 Å². The molecule has 118 valence electrons. The molecule has 0 bridgehead atoms. The first-order valence-corrected chi connectivity index (χ1v) is 8.79. The minimum Gasteiger partial charge on any atom is -0.494 e. The molecule has 0 spiro atoms. The molecule has 0 amide bonds. The average molecular weight is 429 g/mol. The lowest BCUT2D eigenvalue weighted by molar-refractivity contribution is 0.400. The third kappa shape index (κ3) is 3.48. The van der Waals surface area contributed by atoms with Crippen LogP contribution in [0.3, 0.4) is 0 Å². The van der Waals surface area contributed by atoms with E-state index in [1.807, 2.05) is 0 Å². The summed E-state index contributed by atoms with van der Waals surface area (Å²) in [6.45, 7) is 0. The van der Waals surface area contributed by atoms with E-state index in [9.17, 15) is 12.8 Å². The fourth-order valence-electron chi connectivity index (χ4n) is 1.72. The molecule has 0 unspecified atom stereocenters. The minimum atomic E-state index is -4.13. The molecule has 2 rings (SSSR count). The summed E-state index contributed by atoms with van der Waals surface area (Å²) in [5, 5.41) is -0.0148. The number of nitrogens with one attached hydrogen (secondary N) is 1. The summed E-state index contributed by atoms with van der Waals surface area (Å²) in [5.74, 6) is -0.813. The number of ether oxygens (including phenoxy) is 1. The molecule has 0 atom stereocenters. The average Bonchev–Trinajstić information content (AvgIpc) is 2.43. The van der Waals surface area contributed by atoms with Crippen LogP contribution in [0.15, 0.2) is 39.7 Å². The highest BCUT2D eigenvalue weighted by atomic mass is 79.9. The SMILES string of the molecule is COc1c(Br)cc(Cl)cc1S(=O)(=O)Nc1cccc(Cl)c1F. The summed E-state index contributed by atoms with van der Waals surface area (Å²) < 4.78 is 46.3. The van der Waals surface area contributed by atoms with E-state index in [0.717, 1.165) is 0 Å². The van der Waals surface area contributed by atoms with Crippen molar-refractivity contribution in [2.24, 2.45) is 0 Å². The van der Waals surface area contributed by atoms with Crippen LogP contribution >= 0.6 is 39.1 Å². The molecule has 4 nitrogen and oxygen atoms in total. The smallest absolute Gasteiger partial charge is 0.265 e. The molecule has 0 aliphatic carbocycles. The third-order valence-electron chi connectivity index (χ3n) is 2.66. The molecular formula is C13H9BrCl2FNO3S. The second-order valence-corrected chi connectivity index (χ2v) is 7.47. The lowest BCUT2D eigenvalue weighted by Crippen LogP contribution is -2.15. The van der Waals surface area contributed by atoms with Gasteiger partial charge in [0, 0.05) is 5.02 Å². The van der Waals surface area contributed by atoms with Crippen molar-refractivity contribution in [1.82, 2.24) is 0 Å². The summed E-state index contributed by atoms with van der Waals surface area (Å²) >= 11 is 14.7. The quantitative estimate of drug-likeness (QED) is 0.767. The molecule has 0 radical (unpaired) electrons. The van der Waals surface area contributed by atoms with Crippen LogP contribution in [0, 0.1) is 5.82 Å². The van der Waals surface area contributed by atoms with Crippen molar-refractivity contribution < 1.29 is 17.5 Å². The normalized spacial score (nSPS) is 11.3. The van der Waals surface area contributed by atoms with Gasteiger partial charge >= 0.3 is 0 Å². The number of halogens is 4. The van der Waals surface area contributed by atoms with Crippen LogP contribution in [0.25, 0.3) is 0 Å². The lowest BCUT2D eigenvalue weighted by atomic mass is 10.3. The Kier molecular flexibility index (Phi) is 5.21. The van der Waals surface area contributed by atoms with Crippen molar-refractivity contribution in [3.05, 3.63) is 50.7 Å². The number of hydrogen-bond acceptors (Lipinski definition) is 3. The number of rotatable bonds is 4. The maximum atomic E-state index is 13.9. The molecule has 0 heterocycles. The van der Waals surface area contributed by atoms with Crippen LogP contribution < -0.4 is 9.46 Å². The summed E-state index contributed by atoms with van der Waals surface area (Å²) in [5.41, 5.74) is -0.273. The number of sulfonamides is 1. The van der Waals surface area contributed by atoms with E-state index in [1.54, 1.807) is 0 Å². The number of hydrogen-bond donors (Lipinski definition) is 1. The monoisotopic (exact) mass is 427 g/mol. The first-order chi connectivity index (χ1) is 10.3. The van der Waals surface area contributed by atoms with Gasteiger partial charge in [0.1, 0.15) is 4.90 Å². The van der Waals surface area contributed by atoms with Crippen LogP contribution in [-0.4, -0.2) is 15.5 Å². The Morgan fingerprint density at radius 2 is 1.95 bits per heavy atom. The predicted octanol–water partition coefficient (Wildman–Crippen LogP) is 4.70. The zero-order chi connectivity index (χ0) is 16.5. The molecule has 2 aromatic rings. The van der Waals surface area contributed by atoms with Crippen LogP contribution in [0.4, 0.5) is 10.1 Å². The minimum absolute atomic E-state index is 0.0549. The van der Waals surface area contributed by atoms with E-state index in [1.165, 1.54) is 37.4 Å². The molecule has 9 heteroatoms. The number of methoxy groups -OCH3 is 1. The lowest BCUT2D eigenvalue weighted by Gasteiger charge is -2.14. The topological polar surface area (TPSA) is 55.4 Å². The molecule has 0 aromatic heterocycles. The van der Waals surface area contributed by atoms with E-state index in [0.29, 0.717) is 4.47 Å². The first kappa shape index (κ1) is 17.3. The Hall–Kier alpha value is -1.02. The van der Waals surface area contributed by atoms with Gasteiger partial charge < -0.3 is 4.74 Å². The van der Waals surface area contributed by atoms with E-state index < -0.39 is 15.8 Å². The van der Waals surface area contributed by atoms with E-state index in [4.69, 9.17) is 27.9 Å². The molecule has 22 heavy (non-hydrogen) atoms. The highest BCUT2D eigenvalue weighted by Crippen LogP contribution is 2.36. The van der Waals surface area contributed by atoms with E-state index in [-0.39, 0.29) is 26.4 Å². The van der Waals surface area contributed by atoms with Crippen molar-refractivity contribution in [1.29, 1.82) is 0 Å². The van der Waals surface area contributed by atoms with Gasteiger partial charge in [-0.05, 0) is 40.2 Å². The third-order valence-corrected chi connectivity index (χ3v) is 5.13. The molecule has 2 aromatic carbocycles. The summed E-state index contributed by atoms with van der Waals surface area (Å²) in [6, 6.07) is 6.68. The van der Waals surface area contributed by atoms with Crippen LogP contribution in [0.1, 0.15) is 0 Å². The highest BCUT2D eigenvalue weighted by Gasteiger charge is 2.24. The highest BCUT2D eigenvalue weighted by molar-refractivity contribution is 9.10. The van der Waals surface area contributed by atoms with Crippen molar-refractivity contribution in [3.8, 4) is 5.75 Å². The van der Waals surface area contributed by atoms with Crippen molar-refractivity contribution in [2.45, 2.75) is 4.90 Å². The zero-order valence-electron chi connectivity index (χ0n) is 11.0. The van der Waals surface area contributed by atoms with Crippen LogP contribution in [0.2, 0.25) is 10.0 Å². The van der Waals surface area contributed by atoms with Gasteiger partial charge in [0.15, 0.2) is 11.6 Å². The Labute approximate surface area is 145 Å². The van der Waals surface area contributed by atoms with Crippen molar-refractivity contribution in [3.63, 3.8) is 0 Å². The van der Waals surface area contributed by atoms with Gasteiger partial charge in [-0.15, -0.1) is 0 Å². The Bertz CT molecular complexity index is 830. The molecule has 1 N–H and O–H groups in total. The Balaban J connectivity index is 2.54. The van der Waals surface area contributed by atoms with Crippen LogP contribution in [-0.2, 0) is 10.0 Å². The van der Waals surface area contributed by atoms with Gasteiger partial charge in [0.25, 0.3) is 10.0 Å². The maximum Gasteiger partial charge on any atom is 0.265 e. The molecular weight excluding hydrogens is 420 g/mol. The largest absolute Gasteiger partial charge is 0.494 e.